The number of rotatable bonds is 7. The van der Waals surface area contributed by atoms with E-state index in [4.69, 9.17) is 15.0 Å². The highest BCUT2D eigenvalue weighted by molar-refractivity contribution is 7.50. The van der Waals surface area contributed by atoms with E-state index in [2.05, 4.69) is 20.0 Å². The van der Waals surface area contributed by atoms with Gasteiger partial charge in [-0.05, 0) is 6.42 Å². The van der Waals surface area contributed by atoms with Gasteiger partial charge >= 0.3 is 7.75 Å². The van der Waals surface area contributed by atoms with Crippen LogP contribution in [-0.4, -0.2) is 54.9 Å². The van der Waals surface area contributed by atoms with E-state index in [0.717, 1.165) is 0 Å². The summed E-state index contributed by atoms with van der Waals surface area (Å²) in [6, 6.07) is 0. The summed E-state index contributed by atoms with van der Waals surface area (Å²) in [4.78, 5) is 21.8. The lowest BCUT2D eigenvalue weighted by Crippen LogP contribution is -2.27. The average Bonchev–Trinajstić information content (AvgIpc) is 3.15. The van der Waals surface area contributed by atoms with Gasteiger partial charge in [-0.15, -0.1) is 0 Å². The number of aromatic nitrogens is 4. The Hall–Kier alpha value is -1.62. The lowest BCUT2D eigenvalue weighted by molar-refractivity contribution is -0.0400. The van der Waals surface area contributed by atoms with E-state index in [-0.39, 0.29) is 18.8 Å². The maximum Gasteiger partial charge on any atom is 0.403 e. The van der Waals surface area contributed by atoms with Crippen molar-refractivity contribution >= 4 is 24.7 Å². The SMILES string of the molecule is CCCNP(=O)(O)OC[C@H]1O[C@@H](n2cnc3c(N)ncnc32)CC1O. The molecule has 25 heavy (non-hydrogen) atoms. The van der Waals surface area contributed by atoms with Crippen LogP contribution in [0.15, 0.2) is 12.7 Å². The number of nitrogens with zero attached hydrogens (tertiary/aromatic N) is 4. The van der Waals surface area contributed by atoms with Crippen LogP contribution in [0.5, 0.6) is 0 Å². The van der Waals surface area contributed by atoms with Crippen molar-refractivity contribution in [2.24, 2.45) is 0 Å². The van der Waals surface area contributed by atoms with Gasteiger partial charge in [-0.25, -0.2) is 24.6 Å². The van der Waals surface area contributed by atoms with Gasteiger partial charge in [0, 0.05) is 13.0 Å². The molecule has 138 valence electrons. The molecular weight excluding hydrogens is 351 g/mol. The van der Waals surface area contributed by atoms with Gasteiger partial charge in [0.15, 0.2) is 11.5 Å². The Balaban J connectivity index is 1.67. The molecule has 2 unspecified atom stereocenters. The minimum absolute atomic E-state index is 0.216. The number of ether oxygens (including phenoxy) is 1. The van der Waals surface area contributed by atoms with Gasteiger partial charge in [-0.3, -0.25) is 9.09 Å². The van der Waals surface area contributed by atoms with Gasteiger partial charge in [0.1, 0.15) is 24.2 Å². The molecule has 1 fully saturated rings. The van der Waals surface area contributed by atoms with Crippen molar-refractivity contribution in [3.05, 3.63) is 12.7 Å². The van der Waals surface area contributed by atoms with Gasteiger partial charge in [0.25, 0.3) is 0 Å². The highest BCUT2D eigenvalue weighted by Gasteiger charge is 2.37. The molecule has 0 radical (unpaired) electrons. The Labute approximate surface area is 143 Å². The molecule has 3 heterocycles. The second-order valence-electron chi connectivity index (χ2n) is 5.74. The van der Waals surface area contributed by atoms with E-state index < -0.39 is 26.2 Å². The van der Waals surface area contributed by atoms with Crippen molar-refractivity contribution in [1.82, 2.24) is 24.6 Å². The number of aliphatic hydroxyl groups excluding tert-OH is 1. The minimum atomic E-state index is -3.91. The number of hydrogen-bond donors (Lipinski definition) is 4. The van der Waals surface area contributed by atoms with Crippen LogP contribution in [0.25, 0.3) is 11.2 Å². The number of anilines is 1. The molecule has 1 aliphatic heterocycles. The molecule has 4 atom stereocenters. The molecule has 0 amide bonds. The first kappa shape index (κ1) is 18.2. The zero-order chi connectivity index (χ0) is 18.0. The van der Waals surface area contributed by atoms with E-state index in [0.29, 0.717) is 24.1 Å². The summed E-state index contributed by atoms with van der Waals surface area (Å²) in [5, 5.41) is 12.6. The highest BCUT2D eigenvalue weighted by atomic mass is 31.2. The predicted molar refractivity (Wildman–Crippen MR) is 88.3 cm³/mol. The molecule has 1 saturated heterocycles. The Morgan fingerprint density at radius 2 is 2.32 bits per heavy atom. The Kier molecular flexibility index (Phi) is 5.32. The van der Waals surface area contributed by atoms with E-state index in [1.165, 1.54) is 12.7 Å². The van der Waals surface area contributed by atoms with Crippen molar-refractivity contribution < 1.29 is 23.8 Å². The predicted octanol–water partition coefficient (Wildman–Crippen LogP) is 0.173. The third-order valence-electron chi connectivity index (χ3n) is 3.88. The first-order valence-corrected chi connectivity index (χ1v) is 9.48. The fraction of sp³-hybridized carbons (Fsp3) is 0.615. The molecule has 0 saturated carbocycles. The third kappa shape index (κ3) is 3.97. The molecule has 3 rings (SSSR count). The second-order valence-corrected chi connectivity index (χ2v) is 7.35. The first-order chi connectivity index (χ1) is 11.9. The van der Waals surface area contributed by atoms with E-state index >= 15 is 0 Å². The second kappa shape index (κ2) is 7.32. The summed E-state index contributed by atoms with van der Waals surface area (Å²) >= 11 is 0. The molecule has 1 aliphatic rings. The molecule has 0 bridgehead atoms. The maximum absolute atomic E-state index is 11.8. The van der Waals surface area contributed by atoms with Crippen LogP contribution < -0.4 is 10.8 Å². The number of nitrogens with two attached hydrogens (primary N) is 1. The Bertz CT molecular complexity index is 785. The Morgan fingerprint density at radius 3 is 3.08 bits per heavy atom. The smallest absolute Gasteiger partial charge is 0.390 e. The van der Waals surface area contributed by atoms with Crippen molar-refractivity contribution in [2.45, 2.75) is 38.2 Å². The molecular formula is C13H21N6O5P. The maximum atomic E-state index is 11.8. The van der Waals surface area contributed by atoms with Crippen LogP contribution in [0.2, 0.25) is 0 Å². The minimum Gasteiger partial charge on any atom is -0.390 e. The van der Waals surface area contributed by atoms with Crippen molar-refractivity contribution in [2.75, 3.05) is 18.9 Å². The Morgan fingerprint density at radius 1 is 1.52 bits per heavy atom. The summed E-state index contributed by atoms with van der Waals surface area (Å²) in [6.45, 7) is 2.01. The third-order valence-corrected chi connectivity index (χ3v) is 5.00. The number of nitrogens with one attached hydrogen (secondary N) is 1. The summed E-state index contributed by atoms with van der Waals surface area (Å²) in [5.41, 5.74) is 6.69. The van der Waals surface area contributed by atoms with E-state index in [1.807, 2.05) is 6.92 Å². The van der Waals surface area contributed by atoms with Crippen LogP contribution in [0.4, 0.5) is 5.82 Å². The monoisotopic (exact) mass is 372 g/mol. The molecule has 5 N–H and O–H groups in total. The lowest BCUT2D eigenvalue weighted by atomic mass is 10.2. The first-order valence-electron chi connectivity index (χ1n) is 7.90. The zero-order valence-electron chi connectivity index (χ0n) is 13.6. The lowest BCUT2D eigenvalue weighted by Gasteiger charge is -2.18. The van der Waals surface area contributed by atoms with Crippen molar-refractivity contribution in [3.63, 3.8) is 0 Å². The van der Waals surface area contributed by atoms with Crippen molar-refractivity contribution in [1.29, 1.82) is 0 Å². The van der Waals surface area contributed by atoms with Gasteiger partial charge in [0.05, 0.1) is 19.0 Å². The van der Waals surface area contributed by atoms with Crippen LogP contribution >= 0.6 is 7.75 Å². The summed E-state index contributed by atoms with van der Waals surface area (Å²) in [5.74, 6) is 0.255. The molecule has 2 aromatic heterocycles. The number of hydrogen-bond acceptors (Lipinski definition) is 8. The molecule has 2 aromatic rings. The van der Waals surface area contributed by atoms with Crippen LogP contribution in [0, 0.1) is 0 Å². The zero-order valence-corrected chi connectivity index (χ0v) is 14.5. The summed E-state index contributed by atoms with van der Waals surface area (Å²) in [6.07, 6.45) is 1.65. The van der Waals surface area contributed by atoms with E-state index in [9.17, 15) is 14.6 Å². The molecule has 0 spiro atoms. The van der Waals surface area contributed by atoms with Crippen LogP contribution in [0.1, 0.15) is 26.0 Å². The summed E-state index contributed by atoms with van der Waals surface area (Å²) in [7, 11) is -3.91. The topological polar surface area (TPSA) is 158 Å². The average molecular weight is 372 g/mol. The highest BCUT2D eigenvalue weighted by Crippen LogP contribution is 2.39. The van der Waals surface area contributed by atoms with Gasteiger partial charge < -0.3 is 20.5 Å². The number of imidazole rings is 1. The van der Waals surface area contributed by atoms with Crippen molar-refractivity contribution in [3.8, 4) is 0 Å². The van der Waals surface area contributed by atoms with E-state index in [1.54, 1.807) is 4.57 Å². The fourth-order valence-corrected chi connectivity index (χ4v) is 3.54. The number of nitrogen functional groups attached to an aromatic ring is 1. The standard InChI is InChI=1S/C13H21N6O5P/c1-2-3-18-25(21,22)23-5-9-8(20)4-10(24-9)19-7-17-11-12(14)15-6-16-13(11)19/h6-10,20H,2-5H2,1H3,(H2,14,15,16)(H2,18,21,22)/t8?,9-,10-/m1/s1. The van der Waals surface area contributed by atoms with Gasteiger partial charge in [-0.1, -0.05) is 6.92 Å². The molecule has 0 aromatic carbocycles. The van der Waals surface area contributed by atoms with Gasteiger partial charge in [-0.2, -0.15) is 0 Å². The number of aliphatic hydroxyl groups is 1. The molecule has 12 heteroatoms. The summed E-state index contributed by atoms with van der Waals surface area (Å²) < 4.78 is 24.2. The van der Waals surface area contributed by atoms with Crippen LogP contribution in [0.3, 0.4) is 0 Å². The normalized spacial score (nSPS) is 26.1. The quantitative estimate of drug-likeness (QED) is 0.494. The molecule has 0 aliphatic carbocycles. The van der Waals surface area contributed by atoms with Crippen LogP contribution in [-0.2, 0) is 13.8 Å². The fourth-order valence-electron chi connectivity index (χ4n) is 2.59. The molecule has 11 nitrogen and oxygen atoms in total. The number of fused-ring (bicyclic) bond motifs is 1. The van der Waals surface area contributed by atoms with Gasteiger partial charge in [0.2, 0.25) is 0 Å². The largest absolute Gasteiger partial charge is 0.403 e.